The van der Waals surface area contributed by atoms with Crippen LogP contribution in [0, 0.1) is 0 Å². The zero-order chi connectivity index (χ0) is 13.5. The monoisotopic (exact) mass is 258 g/mol. The van der Waals surface area contributed by atoms with Crippen molar-refractivity contribution in [2.24, 2.45) is 0 Å². The van der Waals surface area contributed by atoms with Crippen molar-refractivity contribution in [3.8, 4) is 0 Å². The fourth-order valence-electron chi connectivity index (χ4n) is 1.88. The minimum atomic E-state index is -1.03. The smallest absolute Gasteiger partial charge is 0.325 e. The van der Waals surface area contributed by atoms with E-state index in [-0.39, 0.29) is 12.1 Å². The summed E-state index contributed by atoms with van der Waals surface area (Å²) >= 11 is 0. The van der Waals surface area contributed by atoms with E-state index < -0.39 is 12.0 Å². The summed E-state index contributed by atoms with van der Waals surface area (Å²) in [6, 6.07) is -1.19. The van der Waals surface area contributed by atoms with Gasteiger partial charge in [0.05, 0.1) is 6.10 Å². The molecule has 0 aromatic heterocycles. The first kappa shape index (κ1) is 14.8. The van der Waals surface area contributed by atoms with Gasteiger partial charge in [-0.1, -0.05) is 6.92 Å². The number of aliphatic carboxylic acids is 1. The van der Waals surface area contributed by atoms with Crippen molar-refractivity contribution in [3.05, 3.63) is 0 Å². The van der Waals surface area contributed by atoms with Crippen LogP contribution < -0.4 is 5.32 Å². The summed E-state index contributed by atoms with van der Waals surface area (Å²) < 4.78 is 5.63. The van der Waals surface area contributed by atoms with Crippen molar-refractivity contribution in [3.63, 3.8) is 0 Å². The molecule has 1 fully saturated rings. The third kappa shape index (κ3) is 4.52. The summed E-state index contributed by atoms with van der Waals surface area (Å²) in [5.74, 6) is -1.03. The molecule has 2 N–H and O–H groups in total. The number of urea groups is 1. The van der Waals surface area contributed by atoms with E-state index in [2.05, 4.69) is 5.32 Å². The predicted octanol–water partition coefficient (Wildman–Crippen LogP) is 1.06. The summed E-state index contributed by atoms with van der Waals surface area (Å²) in [7, 11) is 0. The van der Waals surface area contributed by atoms with E-state index in [0.717, 1.165) is 19.3 Å². The van der Waals surface area contributed by atoms with Crippen LogP contribution in [0.4, 0.5) is 4.79 Å². The summed E-state index contributed by atoms with van der Waals surface area (Å²) in [5, 5.41) is 11.2. The topological polar surface area (TPSA) is 78.9 Å². The largest absolute Gasteiger partial charge is 0.480 e. The van der Waals surface area contributed by atoms with Crippen molar-refractivity contribution < 1.29 is 19.4 Å². The molecule has 18 heavy (non-hydrogen) atoms. The highest BCUT2D eigenvalue weighted by Gasteiger charge is 2.25. The van der Waals surface area contributed by atoms with Crippen LogP contribution >= 0.6 is 0 Å². The lowest BCUT2D eigenvalue weighted by atomic mass is 10.1. The zero-order valence-electron chi connectivity index (χ0n) is 11.0. The van der Waals surface area contributed by atoms with Crippen LogP contribution in [-0.2, 0) is 9.53 Å². The first-order chi connectivity index (χ1) is 8.54. The number of carbonyl (C=O) groups excluding carboxylic acids is 1. The molecular formula is C12H22N2O4. The van der Waals surface area contributed by atoms with Crippen LogP contribution in [0.3, 0.4) is 0 Å². The van der Waals surface area contributed by atoms with Gasteiger partial charge in [-0.3, -0.25) is 4.79 Å². The fraction of sp³-hybridized carbons (Fsp3) is 0.833. The molecule has 1 aliphatic heterocycles. The maximum absolute atomic E-state index is 11.8. The second-order valence-corrected chi connectivity index (χ2v) is 4.59. The second kappa shape index (κ2) is 7.20. The Kier molecular flexibility index (Phi) is 5.91. The Morgan fingerprint density at radius 1 is 1.56 bits per heavy atom. The van der Waals surface area contributed by atoms with E-state index in [1.54, 1.807) is 4.90 Å². The normalized spacial score (nSPS) is 21.4. The maximum atomic E-state index is 11.8. The van der Waals surface area contributed by atoms with Crippen LogP contribution in [0.2, 0.25) is 0 Å². The first-order valence-corrected chi connectivity index (χ1v) is 6.44. The van der Waals surface area contributed by atoms with E-state index in [1.807, 2.05) is 6.92 Å². The molecule has 104 valence electrons. The average molecular weight is 258 g/mol. The molecule has 0 aromatic carbocycles. The Labute approximate surface area is 107 Å². The summed E-state index contributed by atoms with van der Waals surface area (Å²) in [6.45, 7) is 5.39. The molecule has 2 amide bonds. The summed E-state index contributed by atoms with van der Waals surface area (Å²) in [6.07, 6.45) is 2.88. The fourth-order valence-corrected chi connectivity index (χ4v) is 1.88. The SMILES string of the molecule is CCCOC1CCCN(C(=O)NC(C)C(=O)O)C1. The van der Waals surface area contributed by atoms with Crippen molar-refractivity contribution in [2.75, 3.05) is 19.7 Å². The van der Waals surface area contributed by atoms with Crippen molar-refractivity contribution in [1.82, 2.24) is 10.2 Å². The van der Waals surface area contributed by atoms with Crippen LogP contribution in [0.15, 0.2) is 0 Å². The van der Waals surface area contributed by atoms with E-state index in [9.17, 15) is 9.59 Å². The highest BCUT2D eigenvalue weighted by molar-refractivity contribution is 5.82. The minimum Gasteiger partial charge on any atom is -0.480 e. The molecule has 0 aromatic rings. The number of hydrogen-bond acceptors (Lipinski definition) is 3. The first-order valence-electron chi connectivity index (χ1n) is 6.44. The predicted molar refractivity (Wildman–Crippen MR) is 66.5 cm³/mol. The van der Waals surface area contributed by atoms with Crippen LogP contribution in [-0.4, -0.2) is 53.8 Å². The Bertz CT molecular complexity index is 296. The summed E-state index contributed by atoms with van der Waals surface area (Å²) in [4.78, 5) is 24.1. The Morgan fingerprint density at radius 2 is 2.28 bits per heavy atom. The van der Waals surface area contributed by atoms with Gasteiger partial charge in [-0.2, -0.15) is 0 Å². The molecule has 1 saturated heterocycles. The molecular weight excluding hydrogens is 236 g/mol. The lowest BCUT2D eigenvalue weighted by Crippen LogP contribution is -2.51. The van der Waals surface area contributed by atoms with Crippen LogP contribution in [0.1, 0.15) is 33.1 Å². The average Bonchev–Trinajstić information content (AvgIpc) is 2.36. The molecule has 1 heterocycles. The van der Waals surface area contributed by atoms with Gasteiger partial charge in [0.15, 0.2) is 0 Å². The Morgan fingerprint density at radius 3 is 2.89 bits per heavy atom. The lowest BCUT2D eigenvalue weighted by molar-refractivity contribution is -0.138. The highest BCUT2D eigenvalue weighted by atomic mass is 16.5. The molecule has 1 rings (SSSR count). The molecule has 0 radical (unpaired) electrons. The van der Waals surface area contributed by atoms with E-state index in [0.29, 0.717) is 19.7 Å². The standard InChI is InChI=1S/C12H22N2O4/c1-3-7-18-10-5-4-6-14(8-10)12(17)13-9(2)11(15)16/h9-10H,3-8H2,1-2H3,(H,13,17)(H,15,16). The highest BCUT2D eigenvalue weighted by Crippen LogP contribution is 2.13. The third-order valence-electron chi connectivity index (χ3n) is 2.93. The molecule has 1 aliphatic rings. The molecule has 2 unspecified atom stereocenters. The van der Waals surface area contributed by atoms with Crippen molar-refractivity contribution in [1.29, 1.82) is 0 Å². The quantitative estimate of drug-likeness (QED) is 0.773. The molecule has 6 heteroatoms. The number of rotatable bonds is 5. The van der Waals surface area contributed by atoms with Gasteiger partial charge in [0, 0.05) is 19.7 Å². The van der Waals surface area contributed by atoms with E-state index in [1.165, 1.54) is 6.92 Å². The van der Waals surface area contributed by atoms with E-state index >= 15 is 0 Å². The number of nitrogens with zero attached hydrogens (tertiary/aromatic N) is 1. The molecule has 0 spiro atoms. The zero-order valence-corrected chi connectivity index (χ0v) is 11.0. The van der Waals surface area contributed by atoms with Crippen LogP contribution in [0.5, 0.6) is 0 Å². The number of carboxylic acids is 1. The van der Waals surface area contributed by atoms with E-state index in [4.69, 9.17) is 9.84 Å². The number of carboxylic acid groups (broad SMARTS) is 1. The van der Waals surface area contributed by atoms with Gasteiger partial charge in [0.2, 0.25) is 0 Å². The molecule has 2 atom stereocenters. The van der Waals surface area contributed by atoms with Gasteiger partial charge >= 0.3 is 12.0 Å². The molecule has 6 nitrogen and oxygen atoms in total. The van der Waals surface area contributed by atoms with Gasteiger partial charge in [-0.15, -0.1) is 0 Å². The molecule has 0 aliphatic carbocycles. The van der Waals surface area contributed by atoms with Gasteiger partial charge in [-0.05, 0) is 26.2 Å². The summed E-state index contributed by atoms with van der Waals surface area (Å²) in [5.41, 5.74) is 0. The van der Waals surface area contributed by atoms with Crippen LogP contribution in [0.25, 0.3) is 0 Å². The lowest BCUT2D eigenvalue weighted by Gasteiger charge is -2.33. The number of hydrogen-bond donors (Lipinski definition) is 2. The Hall–Kier alpha value is -1.30. The number of amides is 2. The van der Waals surface area contributed by atoms with Gasteiger partial charge in [0.25, 0.3) is 0 Å². The maximum Gasteiger partial charge on any atom is 0.325 e. The van der Waals surface area contributed by atoms with Gasteiger partial charge in [-0.25, -0.2) is 4.79 Å². The van der Waals surface area contributed by atoms with Gasteiger partial charge in [0.1, 0.15) is 6.04 Å². The third-order valence-corrected chi connectivity index (χ3v) is 2.93. The molecule has 0 bridgehead atoms. The number of nitrogens with one attached hydrogen (secondary N) is 1. The Balaban J connectivity index is 2.40. The number of likely N-dealkylation sites (tertiary alicyclic amines) is 1. The van der Waals surface area contributed by atoms with Crippen molar-refractivity contribution in [2.45, 2.75) is 45.3 Å². The molecule has 0 saturated carbocycles. The second-order valence-electron chi connectivity index (χ2n) is 4.59. The number of piperidine rings is 1. The van der Waals surface area contributed by atoms with Gasteiger partial charge < -0.3 is 20.1 Å². The number of ether oxygens (including phenoxy) is 1. The number of carbonyl (C=O) groups is 2. The van der Waals surface area contributed by atoms with Crippen molar-refractivity contribution >= 4 is 12.0 Å². The minimum absolute atomic E-state index is 0.0737.